The third-order valence-electron chi connectivity index (χ3n) is 3.51. The van der Waals surface area contributed by atoms with Gasteiger partial charge in [0.05, 0.1) is 12.7 Å². The Kier molecular flexibility index (Phi) is 4.39. The Balaban J connectivity index is 2.35. The molecule has 0 spiro atoms. The fourth-order valence-electron chi connectivity index (χ4n) is 2.42. The average Bonchev–Trinajstić information content (AvgIpc) is 2.98. The van der Waals surface area contributed by atoms with Crippen LogP contribution in [0.2, 0.25) is 0 Å². The van der Waals surface area contributed by atoms with Gasteiger partial charge in [-0.25, -0.2) is 9.18 Å². The molecule has 0 aliphatic carbocycles. The number of esters is 1. The molecule has 1 unspecified atom stereocenters. The van der Waals surface area contributed by atoms with Gasteiger partial charge in [-0.05, 0) is 31.0 Å². The standard InChI is InChI=1S/C15H18FNO3/c1-10(15(19)20-2)14(18)12-9-11(16)5-6-13(12)17-7-3-4-8-17/h5-6,9,14,18H,1,3-4,7-8H2,2H3. The van der Waals surface area contributed by atoms with Crippen LogP contribution in [0.4, 0.5) is 10.1 Å². The lowest BCUT2D eigenvalue weighted by Gasteiger charge is -2.24. The van der Waals surface area contributed by atoms with E-state index in [9.17, 15) is 14.3 Å². The molecule has 1 aromatic carbocycles. The Bertz CT molecular complexity index is 524. The summed E-state index contributed by atoms with van der Waals surface area (Å²) in [6, 6.07) is 4.22. The Morgan fingerprint density at radius 3 is 2.70 bits per heavy atom. The zero-order valence-electron chi connectivity index (χ0n) is 11.4. The number of carbonyl (C=O) groups is 1. The summed E-state index contributed by atoms with van der Waals surface area (Å²) < 4.78 is 18.0. The molecule has 1 heterocycles. The minimum Gasteiger partial charge on any atom is -0.466 e. The van der Waals surface area contributed by atoms with Gasteiger partial charge < -0.3 is 14.7 Å². The number of halogens is 1. The van der Waals surface area contributed by atoms with E-state index in [4.69, 9.17) is 0 Å². The number of ether oxygens (including phenoxy) is 1. The predicted molar refractivity (Wildman–Crippen MR) is 74.0 cm³/mol. The van der Waals surface area contributed by atoms with Crippen molar-refractivity contribution < 1.29 is 19.0 Å². The number of hydrogen-bond donors (Lipinski definition) is 1. The molecule has 1 N–H and O–H groups in total. The van der Waals surface area contributed by atoms with Gasteiger partial charge in [-0.1, -0.05) is 6.58 Å². The van der Waals surface area contributed by atoms with Crippen molar-refractivity contribution in [3.63, 3.8) is 0 Å². The van der Waals surface area contributed by atoms with Crippen LogP contribution in [0.15, 0.2) is 30.4 Å². The van der Waals surface area contributed by atoms with Gasteiger partial charge in [0.15, 0.2) is 0 Å². The highest BCUT2D eigenvalue weighted by molar-refractivity contribution is 5.89. The van der Waals surface area contributed by atoms with Gasteiger partial charge in [0, 0.05) is 24.3 Å². The summed E-state index contributed by atoms with van der Waals surface area (Å²) in [5, 5.41) is 10.3. The van der Waals surface area contributed by atoms with Crippen LogP contribution >= 0.6 is 0 Å². The molecule has 1 saturated heterocycles. The highest BCUT2D eigenvalue weighted by Gasteiger charge is 2.25. The van der Waals surface area contributed by atoms with E-state index in [0.717, 1.165) is 31.6 Å². The SMILES string of the molecule is C=C(C(=O)OC)C(O)c1cc(F)ccc1N1CCCC1. The molecule has 4 nitrogen and oxygen atoms in total. The Morgan fingerprint density at radius 2 is 2.10 bits per heavy atom. The first-order valence-corrected chi connectivity index (χ1v) is 6.54. The van der Waals surface area contributed by atoms with Gasteiger partial charge in [-0.2, -0.15) is 0 Å². The zero-order chi connectivity index (χ0) is 14.7. The minimum absolute atomic E-state index is 0.0986. The van der Waals surface area contributed by atoms with Crippen LogP contribution in [-0.4, -0.2) is 31.3 Å². The summed E-state index contributed by atoms with van der Waals surface area (Å²) in [5.41, 5.74) is 0.988. The second-order valence-corrected chi connectivity index (χ2v) is 4.82. The maximum absolute atomic E-state index is 13.5. The van der Waals surface area contributed by atoms with Gasteiger partial charge in [-0.3, -0.25) is 0 Å². The van der Waals surface area contributed by atoms with Gasteiger partial charge in [0.2, 0.25) is 0 Å². The molecule has 108 valence electrons. The number of benzene rings is 1. The molecular weight excluding hydrogens is 261 g/mol. The molecule has 0 bridgehead atoms. The summed E-state index contributed by atoms with van der Waals surface area (Å²) >= 11 is 0. The summed E-state index contributed by atoms with van der Waals surface area (Å²) in [5.74, 6) is -1.16. The molecule has 1 atom stereocenters. The zero-order valence-corrected chi connectivity index (χ0v) is 11.4. The van der Waals surface area contributed by atoms with E-state index >= 15 is 0 Å². The monoisotopic (exact) mass is 279 g/mol. The maximum atomic E-state index is 13.5. The van der Waals surface area contributed by atoms with Crippen LogP contribution in [0, 0.1) is 5.82 Å². The number of methoxy groups -OCH3 is 1. The first-order valence-electron chi connectivity index (χ1n) is 6.54. The maximum Gasteiger partial charge on any atom is 0.336 e. The smallest absolute Gasteiger partial charge is 0.336 e. The molecule has 1 aliphatic heterocycles. The molecule has 2 rings (SSSR count). The van der Waals surface area contributed by atoms with Crippen LogP contribution < -0.4 is 4.90 Å². The number of aliphatic hydroxyl groups excluding tert-OH is 1. The number of anilines is 1. The van der Waals surface area contributed by atoms with E-state index in [2.05, 4.69) is 16.2 Å². The molecule has 0 aromatic heterocycles. The van der Waals surface area contributed by atoms with Crippen LogP contribution in [0.3, 0.4) is 0 Å². The van der Waals surface area contributed by atoms with Crippen LogP contribution in [0.5, 0.6) is 0 Å². The lowest BCUT2D eigenvalue weighted by atomic mass is 10.00. The van der Waals surface area contributed by atoms with E-state index in [1.165, 1.54) is 19.2 Å². The first kappa shape index (κ1) is 14.5. The predicted octanol–water partition coefficient (Wildman–Crippen LogP) is 2.19. The van der Waals surface area contributed by atoms with Crippen molar-refractivity contribution in [2.45, 2.75) is 18.9 Å². The minimum atomic E-state index is -1.27. The Labute approximate surface area is 117 Å². The molecule has 1 aromatic rings. The summed E-state index contributed by atoms with van der Waals surface area (Å²) in [6.07, 6.45) is 0.851. The van der Waals surface area contributed by atoms with Crippen LogP contribution in [0.25, 0.3) is 0 Å². The largest absolute Gasteiger partial charge is 0.466 e. The van der Waals surface area contributed by atoms with Gasteiger partial charge in [0.25, 0.3) is 0 Å². The topological polar surface area (TPSA) is 49.8 Å². The molecule has 0 radical (unpaired) electrons. The lowest BCUT2D eigenvalue weighted by molar-refractivity contribution is -0.137. The van der Waals surface area contributed by atoms with Gasteiger partial charge in [-0.15, -0.1) is 0 Å². The van der Waals surface area contributed by atoms with Crippen molar-refractivity contribution in [2.75, 3.05) is 25.1 Å². The molecule has 5 heteroatoms. The van der Waals surface area contributed by atoms with Crippen molar-refractivity contribution in [1.29, 1.82) is 0 Å². The molecule has 0 saturated carbocycles. The number of aliphatic hydroxyl groups is 1. The molecule has 1 aliphatic rings. The number of rotatable bonds is 4. The fourth-order valence-corrected chi connectivity index (χ4v) is 2.42. The Hall–Kier alpha value is -1.88. The Morgan fingerprint density at radius 1 is 1.45 bits per heavy atom. The second kappa shape index (κ2) is 6.05. The molecular formula is C15H18FNO3. The highest BCUT2D eigenvalue weighted by atomic mass is 19.1. The first-order chi connectivity index (χ1) is 9.54. The van der Waals surface area contributed by atoms with Crippen molar-refractivity contribution >= 4 is 11.7 Å². The van der Waals surface area contributed by atoms with Crippen LogP contribution in [-0.2, 0) is 9.53 Å². The van der Waals surface area contributed by atoms with E-state index in [1.54, 1.807) is 6.07 Å². The summed E-state index contributed by atoms with van der Waals surface area (Å²) in [7, 11) is 1.22. The van der Waals surface area contributed by atoms with E-state index in [1.807, 2.05) is 0 Å². The van der Waals surface area contributed by atoms with Crippen molar-refractivity contribution in [1.82, 2.24) is 0 Å². The third-order valence-corrected chi connectivity index (χ3v) is 3.51. The average molecular weight is 279 g/mol. The number of carbonyl (C=O) groups excluding carboxylic acids is 1. The van der Waals surface area contributed by atoms with Crippen molar-refractivity contribution in [3.05, 3.63) is 41.7 Å². The van der Waals surface area contributed by atoms with E-state index < -0.39 is 17.9 Å². The molecule has 20 heavy (non-hydrogen) atoms. The number of hydrogen-bond acceptors (Lipinski definition) is 4. The summed E-state index contributed by atoms with van der Waals surface area (Å²) in [6.45, 7) is 5.25. The third kappa shape index (κ3) is 2.82. The van der Waals surface area contributed by atoms with Gasteiger partial charge in [0.1, 0.15) is 11.9 Å². The van der Waals surface area contributed by atoms with E-state index in [0.29, 0.717) is 5.56 Å². The summed E-state index contributed by atoms with van der Waals surface area (Å²) in [4.78, 5) is 13.5. The quantitative estimate of drug-likeness (QED) is 0.678. The number of nitrogens with zero attached hydrogens (tertiary/aromatic N) is 1. The normalized spacial score (nSPS) is 16.1. The van der Waals surface area contributed by atoms with Crippen LogP contribution in [0.1, 0.15) is 24.5 Å². The highest BCUT2D eigenvalue weighted by Crippen LogP contribution is 2.33. The van der Waals surface area contributed by atoms with Gasteiger partial charge >= 0.3 is 5.97 Å². The van der Waals surface area contributed by atoms with Crippen molar-refractivity contribution in [2.24, 2.45) is 0 Å². The van der Waals surface area contributed by atoms with E-state index in [-0.39, 0.29) is 5.57 Å². The molecule has 0 amide bonds. The fraction of sp³-hybridized carbons (Fsp3) is 0.400. The van der Waals surface area contributed by atoms with Crippen molar-refractivity contribution in [3.8, 4) is 0 Å². The lowest BCUT2D eigenvalue weighted by Crippen LogP contribution is -2.21. The molecule has 1 fully saturated rings. The second-order valence-electron chi connectivity index (χ2n) is 4.82.